The second-order valence-electron chi connectivity index (χ2n) is 5.38. The lowest BCUT2D eigenvalue weighted by atomic mass is 10.1. The summed E-state index contributed by atoms with van der Waals surface area (Å²) in [6, 6.07) is 0.297. The average molecular weight is 294 g/mol. The summed E-state index contributed by atoms with van der Waals surface area (Å²) in [5.74, 6) is 1.48. The Kier molecular flexibility index (Phi) is 5.55. The molecule has 1 fully saturated rings. The highest BCUT2D eigenvalue weighted by molar-refractivity contribution is 5.44. The number of nitrogen functional groups attached to an aromatic ring is 1. The van der Waals surface area contributed by atoms with Gasteiger partial charge < -0.3 is 20.6 Å². The highest BCUT2D eigenvalue weighted by Gasteiger charge is 2.22. The van der Waals surface area contributed by atoms with Gasteiger partial charge in [-0.25, -0.2) is 0 Å². The van der Waals surface area contributed by atoms with Gasteiger partial charge in [-0.15, -0.1) is 0 Å². The van der Waals surface area contributed by atoms with Crippen molar-refractivity contribution in [3.63, 3.8) is 0 Å². The van der Waals surface area contributed by atoms with Crippen LogP contribution in [0.1, 0.15) is 39.5 Å². The first kappa shape index (κ1) is 15.8. The van der Waals surface area contributed by atoms with Gasteiger partial charge in [0.2, 0.25) is 17.8 Å². The van der Waals surface area contributed by atoms with Crippen LogP contribution >= 0.6 is 0 Å². The van der Waals surface area contributed by atoms with Gasteiger partial charge in [-0.05, 0) is 25.7 Å². The molecule has 1 aromatic heterocycles. The van der Waals surface area contributed by atoms with E-state index in [0.717, 1.165) is 38.8 Å². The smallest absolute Gasteiger partial charge is 0.232 e. The number of hydrogen-bond acceptors (Lipinski definition) is 7. The Balaban J connectivity index is 2.30. The summed E-state index contributed by atoms with van der Waals surface area (Å²) in [6.07, 6.45) is 4.27. The summed E-state index contributed by atoms with van der Waals surface area (Å²) in [4.78, 5) is 17.3. The van der Waals surface area contributed by atoms with Gasteiger partial charge in [0.1, 0.15) is 0 Å². The first-order valence-electron chi connectivity index (χ1n) is 7.83. The lowest BCUT2D eigenvalue weighted by Gasteiger charge is -2.30. The summed E-state index contributed by atoms with van der Waals surface area (Å²) >= 11 is 0. The fourth-order valence-corrected chi connectivity index (χ4v) is 2.84. The summed E-state index contributed by atoms with van der Waals surface area (Å²) in [7, 11) is 0. The van der Waals surface area contributed by atoms with E-state index in [1.807, 2.05) is 4.90 Å². The molecule has 1 aromatic rings. The highest BCUT2D eigenvalue weighted by Crippen LogP contribution is 2.22. The van der Waals surface area contributed by atoms with Gasteiger partial charge in [-0.2, -0.15) is 15.0 Å². The molecule has 2 heterocycles. The standard InChI is InChI=1S/C14H26N6O/c1-3-11(4-2)20(9-10-21)14-17-12(15)16-13(18-14)19-7-5-6-8-19/h11,21H,3-10H2,1-2H3,(H2,15,16,17,18). The molecular formula is C14H26N6O. The lowest BCUT2D eigenvalue weighted by molar-refractivity contribution is 0.295. The van der Waals surface area contributed by atoms with Crippen molar-refractivity contribution >= 4 is 17.8 Å². The van der Waals surface area contributed by atoms with E-state index in [0.29, 0.717) is 24.5 Å². The number of rotatable bonds is 7. The minimum Gasteiger partial charge on any atom is -0.395 e. The number of aromatic nitrogens is 3. The predicted octanol–water partition coefficient (Wildman–Crippen LogP) is 1.04. The third kappa shape index (κ3) is 3.72. The second kappa shape index (κ2) is 7.40. The van der Waals surface area contributed by atoms with Gasteiger partial charge in [0, 0.05) is 25.7 Å². The normalized spacial score (nSPS) is 15.0. The predicted molar refractivity (Wildman–Crippen MR) is 84.5 cm³/mol. The molecule has 0 aromatic carbocycles. The number of aliphatic hydroxyl groups is 1. The third-order valence-electron chi connectivity index (χ3n) is 4.00. The van der Waals surface area contributed by atoms with Gasteiger partial charge in [-0.3, -0.25) is 0 Å². The van der Waals surface area contributed by atoms with Gasteiger partial charge in [0.15, 0.2) is 0 Å². The van der Waals surface area contributed by atoms with Crippen molar-refractivity contribution in [3.8, 4) is 0 Å². The van der Waals surface area contributed by atoms with Crippen molar-refractivity contribution < 1.29 is 5.11 Å². The molecule has 0 spiro atoms. The molecule has 0 radical (unpaired) electrons. The van der Waals surface area contributed by atoms with E-state index in [1.165, 1.54) is 0 Å². The van der Waals surface area contributed by atoms with Crippen LogP contribution in [0.15, 0.2) is 0 Å². The van der Waals surface area contributed by atoms with Crippen LogP contribution in [0.5, 0.6) is 0 Å². The van der Waals surface area contributed by atoms with Crippen LogP contribution in [-0.2, 0) is 0 Å². The molecule has 21 heavy (non-hydrogen) atoms. The second-order valence-corrected chi connectivity index (χ2v) is 5.38. The molecule has 0 bridgehead atoms. The van der Waals surface area contributed by atoms with Crippen molar-refractivity contribution in [3.05, 3.63) is 0 Å². The summed E-state index contributed by atoms with van der Waals surface area (Å²) < 4.78 is 0. The maximum atomic E-state index is 9.33. The van der Waals surface area contributed by atoms with E-state index < -0.39 is 0 Å². The van der Waals surface area contributed by atoms with Gasteiger partial charge >= 0.3 is 0 Å². The van der Waals surface area contributed by atoms with Gasteiger partial charge in [-0.1, -0.05) is 13.8 Å². The Morgan fingerprint density at radius 3 is 2.43 bits per heavy atom. The van der Waals surface area contributed by atoms with Gasteiger partial charge in [0.05, 0.1) is 6.61 Å². The molecule has 0 unspecified atom stereocenters. The average Bonchev–Trinajstić information content (AvgIpc) is 3.01. The van der Waals surface area contributed by atoms with Crippen LogP contribution in [0.4, 0.5) is 17.8 Å². The molecular weight excluding hydrogens is 268 g/mol. The minimum atomic E-state index is 0.0706. The van der Waals surface area contributed by atoms with Crippen LogP contribution in [0.3, 0.4) is 0 Å². The lowest BCUT2D eigenvalue weighted by Crippen LogP contribution is -2.38. The van der Waals surface area contributed by atoms with Crippen LogP contribution in [-0.4, -0.2) is 52.3 Å². The van der Waals surface area contributed by atoms with Crippen LogP contribution in [0, 0.1) is 0 Å². The number of nitrogens with zero attached hydrogens (tertiary/aromatic N) is 5. The van der Waals surface area contributed by atoms with Gasteiger partial charge in [0.25, 0.3) is 0 Å². The summed E-state index contributed by atoms with van der Waals surface area (Å²) in [5, 5.41) is 9.33. The van der Waals surface area contributed by atoms with Crippen LogP contribution in [0.2, 0.25) is 0 Å². The Bertz CT molecular complexity index is 445. The topological polar surface area (TPSA) is 91.4 Å². The molecule has 7 nitrogen and oxygen atoms in total. The van der Waals surface area contributed by atoms with Crippen molar-refractivity contribution in [2.24, 2.45) is 0 Å². The molecule has 118 valence electrons. The molecule has 0 atom stereocenters. The molecule has 3 N–H and O–H groups in total. The van der Waals surface area contributed by atoms with E-state index in [2.05, 4.69) is 33.7 Å². The highest BCUT2D eigenvalue weighted by atomic mass is 16.3. The van der Waals surface area contributed by atoms with Crippen molar-refractivity contribution in [1.82, 2.24) is 15.0 Å². The summed E-state index contributed by atoms with van der Waals surface area (Å²) in [5.41, 5.74) is 5.87. The molecule has 1 aliphatic heterocycles. The van der Waals surface area contributed by atoms with Crippen LogP contribution in [0.25, 0.3) is 0 Å². The first-order valence-corrected chi connectivity index (χ1v) is 7.83. The molecule has 1 saturated heterocycles. The Hall–Kier alpha value is -1.63. The fourth-order valence-electron chi connectivity index (χ4n) is 2.84. The monoisotopic (exact) mass is 294 g/mol. The zero-order valence-electron chi connectivity index (χ0n) is 13.0. The van der Waals surface area contributed by atoms with E-state index in [9.17, 15) is 5.11 Å². The van der Waals surface area contributed by atoms with Crippen molar-refractivity contribution in [2.45, 2.75) is 45.6 Å². The van der Waals surface area contributed by atoms with Crippen LogP contribution < -0.4 is 15.5 Å². The quantitative estimate of drug-likeness (QED) is 0.776. The SMILES string of the molecule is CCC(CC)N(CCO)c1nc(N)nc(N2CCCC2)n1. The maximum Gasteiger partial charge on any atom is 0.232 e. The third-order valence-corrected chi connectivity index (χ3v) is 4.00. The Morgan fingerprint density at radius 1 is 1.19 bits per heavy atom. The fraction of sp³-hybridized carbons (Fsp3) is 0.786. The van der Waals surface area contributed by atoms with E-state index >= 15 is 0 Å². The maximum absolute atomic E-state index is 9.33. The Labute approximate surface area is 126 Å². The Morgan fingerprint density at radius 2 is 1.86 bits per heavy atom. The molecule has 0 amide bonds. The van der Waals surface area contributed by atoms with E-state index in [1.54, 1.807) is 0 Å². The molecule has 0 aliphatic carbocycles. The summed E-state index contributed by atoms with van der Waals surface area (Å²) in [6.45, 7) is 6.77. The minimum absolute atomic E-state index is 0.0706. The number of aliphatic hydroxyl groups excluding tert-OH is 1. The number of hydrogen-bond donors (Lipinski definition) is 2. The zero-order chi connectivity index (χ0) is 15.2. The molecule has 2 rings (SSSR count). The largest absolute Gasteiger partial charge is 0.395 e. The number of anilines is 3. The van der Waals surface area contributed by atoms with E-state index in [-0.39, 0.29) is 12.6 Å². The molecule has 7 heteroatoms. The number of nitrogens with two attached hydrogens (primary N) is 1. The first-order chi connectivity index (χ1) is 10.2. The molecule has 1 aliphatic rings. The van der Waals surface area contributed by atoms with Crippen molar-refractivity contribution in [2.75, 3.05) is 41.8 Å². The zero-order valence-corrected chi connectivity index (χ0v) is 13.0. The molecule has 0 saturated carbocycles. The van der Waals surface area contributed by atoms with Crippen molar-refractivity contribution in [1.29, 1.82) is 0 Å². The van der Waals surface area contributed by atoms with E-state index in [4.69, 9.17) is 5.73 Å².